The van der Waals surface area contributed by atoms with E-state index in [1.807, 2.05) is 0 Å². The van der Waals surface area contributed by atoms with Gasteiger partial charge in [-0.3, -0.25) is 0 Å². The van der Waals surface area contributed by atoms with Gasteiger partial charge < -0.3 is 9.94 Å². The summed E-state index contributed by atoms with van der Waals surface area (Å²) in [6, 6.07) is 4.35. The van der Waals surface area contributed by atoms with Crippen LogP contribution >= 0.6 is 0 Å². The maximum Gasteiger partial charge on any atom is 0.129 e. The third kappa shape index (κ3) is 3.50. The Morgan fingerprint density at radius 3 is 2.95 bits per heavy atom. The van der Waals surface area contributed by atoms with Crippen molar-refractivity contribution in [3.8, 4) is 5.75 Å². The van der Waals surface area contributed by atoms with Gasteiger partial charge in [-0.25, -0.2) is 4.39 Å². The van der Waals surface area contributed by atoms with Crippen molar-refractivity contribution in [1.29, 1.82) is 0 Å². The lowest BCUT2D eigenvalue weighted by molar-refractivity contribution is 0.121. The van der Waals surface area contributed by atoms with Gasteiger partial charge >= 0.3 is 0 Å². The molecule has 1 saturated carbocycles. The van der Waals surface area contributed by atoms with Crippen LogP contribution in [0.2, 0.25) is 0 Å². The SMILES string of the molecule is CCC1CCCC(Oc2ccc(F)cc2/C(C)=N/O)C1. The number of oxime groups is 1. The molecule has 0 radical (unpaired) electrons. The minimum Gasteiger partial charge on any atom is -0.490 e. The highest BCUT2D eigenvalue weighted by Gasteiger charge is 2.23. The minimum atomic E-state index is -0.356. The molecule has 1 aliphatic rings. The van der Waals surface area contributed by atoms with Crippen molar-refractivity contribution in [2.24, 2.45) is 11.1 Å². The summed E-state index contributed by atoms with van der Waals surface area (Å²) in [4.78, 5) is 0. The Morgan fingerprint density at radius 2 is 2.25 bits per heavy atom. The molecule has 4 heteroatoms. The van der Waals surface area contributed by atoms with Crippen molar-refractivity contribution in [1.82, 2.24) is 0 Å². The highest BCUT2D eigenvalue weighted by Crippen LogP contribution is 2.31. The zero-order valence-corrected chi connectivity index (χ0v) is 12.1. The van der Waals surface area contributed by atoms with Crippen LogP contribution in [0.1, 0.15) is 51.5 Å². The molecule has 0 aliphatic heterocycles. The molecule has 2 unspecified atom stereocenters. The molecule has 3 nitrogen and oxygen atoms in total. The van der Waals surface area contributed by atoms with Crippen LogP contribution in [-0.4, -0.2) is 17.0 Å². The predicted molar refractivity (Wildman–Crippen MR) is 77.1 cm³/mol. The Balaban J connectivity index is 2.16. The number of nitrogens with zero attached hydrogens (tertiary/aromatic N) is 1. The first-order valence-corrected chi connectivity index (χ1v) is 7.29. The maximum atomic E-state index is 13.3. The standard InChI is InChI=1S/C16H22FNO2/c1-3-12-5-4-6-14(9-12)20-16-8-7-13(17)10-15(16)11(2)18-19/h7-8,10,12,14,19H,3-6,9H2,1-2H3/b18-11+. The highest BCUT2D eigenvalue weighted by molar-refractivity contribution is 6.00. The third-order valence-electron chi connectivity index (χ3n) is 4.09. The summed E-state index contributed by atoms with van der Waals surface area (Å²) < 4.78 is 19.4. The number of hydrogen-bond acceptors (Lipinski definition) is 3. The second kappa shape index (κ2) is 6.73. The topological polar surface area (TPSA) is 41.8 Å². The largest absolute Gasteiger partial charge is 0.490 e. The van der Waals surface area contributed by atoms with Crippen molar-refractivity contribution in [2.75, 3.05) is 0 Å². The van der Waals surface area contributed by atoms with Gasteiger partial charge in [-0.15, -0.1) is 0 Å². The normalized spacial score (nSPS) is 23.6. The monoisotopic (exact) mass is 279 g/mol. The lowest BCUT2D eigenvalue weighted by atomic mass is 9.85. The zero-order chi connectivity index (χ0) is 14.5. The molecule has 2 atom stereocenters. The molecule has 1 aromatic rings. The van der Waals surface area contributed by atoms with Crippen molar-refractivity contribution in [3.05, 3.63) is 29.6 Å². The van der Waals surface area contributed by atoms with E-state index >= 15 is 0 Å². The van der Waals surface area contributed by atoms with Gasteiger partial charge in [-0.05, 0) is 50.3 Å². The fourth-order valence-corrected chi connectivity index (χ4v) is 2.84. The summed E-state index contributed by atoms with van der Waals surface area (Å²) in [5.74, 6) is 0.958. The van der Waals surface area contributed by atoms with Gasteiger partial charge in [0.1, 0.15) is 11.6 Å². The van der Waals surface area contributed by atoms with Crippen LogP contribution in [0.3, 0.4) is 0 Å². The lowest BCUT2D eigenvalue weighted by Gasteiger charge is -2.29. The number of benzene rings is 1. The van der Waals surface area contributed by atoms with E-state index in [0.29, 0.717) is 22.9 Å². The van der Waals surface area contributed by atoms with Gasteiger partial charge in [0.15, 0.2) is 0 Å². The first kappa shape index (κ1) is 14.8. The third-order valence-corrected chi connectivity index (χ3v) is 4.09. The molecular weight excluding hydrogens is 257 g/mol. The number of rotatable bonds is 4. The van der Waals surface area contributed by atoms with E-state index in [-0.39, 0.29) is 11.9 Å². The summed E-state index contributed by atoms with van der Waals surface area (Å²) in [7, 11) is 0. The van der Waals surface area contributed by atoms with E-state index in [0.717, 1.165) is 12.8 Å². The Bertz CT molecular complexity index is 487. The van der Waals surface area contributed by atoms with E-state index in [4.69, 9.17) is 9.94 Å². The van der Waals surface area contributed by atoms with E-state index in [1.54, 1.807) is 13.0 Å². The van der Waals surface area contributed by atoms with Crippen LogP contribution < -0.4 is 4.74 Å². The van der Waals surface area contributed by atoms with Gasteiger partial charge in [-0.1, -0.05) is 24.9 Å². The second-order valence-electron chi connectivity index (χ2n) is 5.51. The summed E-state index contributed by atoms with van der Waals surface area (Å²) in [6.45, 7) is 3.84. The molecule has 110 valence electrons. The Hall–Kier alpha value is -1.58. The van der Waals surface area contributed by atoms with Crippen LogP contribution in [0.25, 0.3) is 0 Å². The molecule has 1 N–H and O–H groups in total. The number of hydrogen-bond donors (Lipinski definition) is 1. The van der Waals surface area contributed by atoms with Gasteiger partial charge in [0, 0.05) is 5.56 Å². The van der Waals surface area contributed by atoms with E-state index in [9.17, 15) is 4.39 Å². The first-order chi connectivity index (χ1) is 9.63. The molecule has 0 saturated heterocycles. The van der Waals surface area contributed by atoms with Crippen molar-refractivity contribution in [2.45, 2.75) is 52.1 Å². The molecule has 20 heavy (non-hydrogen) atoms. The van der Waals surface area contributed by atoms with Gasteiger partial charge in [0.25, 0.3) is 0 Å². The molecule has 0 spiro atoms. The molecule has 1 aliphatic carbocycles. The Labute approximate surface area is 119 Å². The first-order valence-electron chi connectivity index (χ1n) is 7.29. The number of ether oxygens (including phenoxy) is 1. The van der Waals surface area contributed by atoms with Gasteiger partial charge in [0.2, 0.25) is 0 Å². The molecule has 0 amide bonds. The lowest BCUT2D eigenvalue weighted by Crippen LogP contribution is -2.25. The van der Waals surface area contributed by atoms with Gasteiger partial charge in [0.05, 0.1) is 11.8 Å². The van der Waals surface area contributed by atoms with Crippen LogP contribution in [-0.2, 0) is 0 Å². The fourth-order valence-electron chi connectivity index (χ4n) is 2.84. The highest BCUT2D eigenvalue weighted by atomic mass is 19.1. The molecule has 2 rings (SSSR count). The fraction of sp³-hybridized carbons (Fsp3) is 0.562. The van der Waals surface area contributed by atoms with Crippen molar-refractivity contribution >= 4 is 5.71 Å². The van der Waals surface area contributed by atoms with Crippen molar-refractivity contribution < 1.29 is 14.3 Å². The summed E-state index contributed by atoms with van der Waals surface area (Å²) in [6.07, 6.45) is 5.86. The molecule has 0 aromatic heterocycles. The zero-order valence-electron chi connectivity index (χ0n) is 12.1. The molecule has 1 fully saturated rings. The minimum absolute atomic E-state index is 0.171. The quantitative estimate of drug-likeness (QED) is 0.505. The van der Waals surface area contributed by atoms with Crippen LogP contribution in [0.4, 0.5) is 4.39 Å². The Kier molecular flexibility index (Phi) is 4.99. The smallest absolute Gasteiger partial charge is 0.129 e. The van der Waals surface area contributed by atoms with Gasteiger partial charge in [-0.2, -0.15) is 0 Å². The van der Waals surface area contributed by atoms with Crippen molar-refractivity contribution in [3.63, 3.8) is 0 Å². The Morgan fingerprint density at radius 1 is 1.45 bits per heavy atom. The summed E-state index contributed by atoms with van der Waals surface area (Å²) >= 11 is 0. The average molecular weight is 279 g/mol. The summed E-state index contributed by atoms with van der Waals surface area (Å²) in [5, 5.41) is 12.1. The van der Waals surface area contributed by atoms with E-state index < -0.39 is 0 Å². The predicted octanol–water partition coefficient (Wildman–Crippen LogP) is 4.37. The van der Waals surface area contributed by atoms with E-state index in [1.165, 1.54) is 31.4 Å². The van der Waals surface area contributed by atoms with Crippen LogP contribution in [0, 0.1) is 11.7 Å². The van der Waals surface area contributed by atoms with Crippen LogP contribution in [0.15, 0.2) is 23.4 Å². The molecular formula is C16H22FNO2. The van der Waals surface area contributed by atoms with Crippen LogP contribution in [0.5, 0.6) is 5.75 Å². The molecule has 0 bridgehead atoms. The molecule has 1 aromatic carbocycles. The second-order valence-corrected chi connectivity index (χ2v) is 5.51. The average Bonchev–Trinajstić information content (AvgIpc) is 2.48. The number of halogens is 1. The summed E-state index contributed by atoms with van der Waals surface area (Å²) in [5.41, 5.74) is 0.883. The maximum absolute atomic E-state index is 13.3. The molecule has 0 heterocycles. The van der Waals surface area contributed by atoms with E-state index in [2.05, 4.69) is 12.1 Å².